The second-order valence-corrected chi connectivity index (χ2v) is 5.82. The highest BCUT2D eigenvalue weighted by molar-refractivity contribution is 5.80. The predicted octanol–water partition coefficient (Wildman–Crippen LogP) is 0.675. The van der Waals surface area contributed by atoms with E-state index in [0.717, 1.165) is 0 Å². The number of ether oxygens (including phenoxy) is 2. The lowest BCUT2D eigenvalue weighted by Crippen LogP contribution is -2.52. The normalized spacial score (nSPS) is 43.4. The molecular weight excluding hydrogens is 277 g/mol. The molecule has 8 heteroatoms. The maximum absolute atomic E-state index is 12.0. The minimum Gasteiger partial charge on any atom is -0.372 e. The van der Waals surface area contributed by atoms with Gasteiger partial charge in [0.25, 0.3) is 0 Å². The van der Waals surface area contributed by atoms with Gasteiger partial charge >= 0.3 is 6.36 Å². The number of hydrogen-bond acceptors (Lipinski definition) is 4. The third kappa shape index (κ3) is 2.77. The van der Waals surface area contributed by atoms with Crippen molar-refractivity contribution in [1.29, 1.82) is 0 Å². The summed E-state index contributed by atoms with van der Waals surface area (Å²) >= 11 is 0. The van der Waals surface area contributed by atoms with Crippen LogP contribution in [0.25, 0.3) is 0 Å². The second-order valence-electron chi connectivity index (χ2n) is 5.82. The molecule has 0 aromatic carbocycles. The van der Waals surface area contributed by atoms with Crippen LogP contribution in [-0.4, -0.2) is 42.7 Å². The molecule has 1 amide bonds. The number of halogens is 3. The molecule has 4 atom stereocenters. The molecule has 1 aliphatic carbocycles. The van der Waals surface area contributed by atoms with Crippen molar-refractivity contribution in [3.05, 3.63) is 0 Å². The molecule has 3 N–H and O–H groups in total. The monoisotopic (exact) mass is 294 g/mol. The first-order valence-electron chi connectivity index (χ1n) is 6.78. The molecule has 3 aliphatic rings. The van der Waals surface area contributed by atoms with Gasteiger partial charge in [0.15, 0.2) is 0 Å². The zero-order valence-electron chi connectivity index (χ0n) is 10.7. The Morgan fingerprint density at radius 1 is 1.20 bits per heavy atom. The molecule has 3 rings (SSSR count). The van der Waals surface area contributed by atoms with Crippen molar-refractivity contribution in [2.45, 2.75) is 62.4 Å². The van der Waals surface area contributed by atoms with E-state index in [1.165, 1.54) is 0 Å². The number of alkyl halides is 3. The van der Waals surface area contributed by atoms with Crippen molar-refractivity contribution in [3.63, 3.8) is 0 Å². The molecule has 114 valence electrons. The third-order valence-corrected chi connectivity index (χ3v) is 4.34. The summed E-state index contributed by atoms with van der Waals surface area (Å²) in [6.07, 6.45) is -3.96. The third-order valence-electron chi connectivity index (χ3n) is 4.34. The molecule has 2 heterocycles. The van der Waals surface area contributed by atoms with E-state index in [9.17, 15) is 18.0 Å². The Kier molecular flexibility index (Phi) is 3.42. The average molecular weight is 294 g/mol. The molecular formula is C12H17F3N2O3. The molecule has 4 unspecified atom stereocenters. The highest BCUT2D eigenvalue weighted by Crippen LogP contribution is 2.39. The number of carbonyl (C=O) groups excluding carboxylic acids is 1. The molecule has 3 fully saturated rings. The summed E-state index contributed by atoms with van der Waals surface area (Å²) in [6.45, 7) is 0. The maximum Gasteiger partial charge on any atom is 0.522 e. The zero-order chi connectivity index (χ0) is 14.5. The zero-order valence-corrected chi connectivity index (χ0v) is 10.7. The molecule has 0 aromatic heterocycles. The smallest absolute Gasteiger partial charge is 0.372 e. The minimum absolute atomic E-state index is 0.00248. The number of hydrogen-bond donors (Lipinski definition) is 2. The van der Waals surface area contributed by atoms with Gasteiger partial charge in [-0.05, 0) is 25.7 Å². The predicted molar refractivity (Wildman–Crippen MR) is 61.5 cm³/mol. The van der Waals surface area contributed by atoms with Crippen molar-refractivity contribution >= 4 is 5.91 Å². The molecule has 5 nitrogen and oxygen atoms in total. The van der Waals surface area contributed by atoms with Crippen molar-refractivity contribution in [3.8, 4) is 0 Å². The molecule has 0 spiro atoms. The van der Waals surface area contributed by atoms with Crippen LogP contribution >= 0.6 is 0 Å². The summed E-state index contributed by atoms with van der Waals surface area (Å²) in [5.74, 6) is -0.359. The molecule has 2 aliphatic heterocycles. The molecule has 20 heavy (non-hydrogen) atoms. The second kappa shape index (κ2) is 4.85. The average Bonchev–Trinajstić information content (AvgIpc) is 2.82. The van der Waals surface area contributed by atoms with Gasteiger partial charge in [-0.1, -0.05) is 0 Å². The van der Waals surface area contributed by atoms with E-state index in [0.29, 0.717) is 12.8 Å². The first-order valence-corrected chi connectivity index (χ1v) is 6.78. The Balaban J connectivity index is 1.41. The van der Waals surface area contributed by atoms with Gasteiger partial charge in [0.1, 0.15) is 0 Å². The SMILES string of the molecule is NC1CC2OC1CC2C(=O)NC1CC(OC(F)(F)F)C1. The summed E-state index contributed by atoms with van der Waals surface area (Å²) in [7, 11) is 0. The van der Waals surface area contributed by atoms with Crippen LogP contribution in [0, 0.1) is 5.92 Å². The number of amides is 1. The standard InChI is InChI=1S/C12H17F3N2O3/c13-12(14,15)20-6-1-5(2-6)17-11(18)7-3-10-8(16)4-9(7)19-10/h5-10H,1-4,16H2,(H,17,18). The first kappa shape index (κ1) is 14.1. The number of carbonyl (C=O) groups is 1. The Bertz CT molecular complexity index is 396. The maximum atomic E-state index is 12.0. The quantitative estimate of drug-likeness (QED) is 0.802. The highest BCUT2D eigenvalue weighted by Gasteiger charge is 2.49. The van der Waals surface area contributed by atoms with Gasteiger partial charge in [-0.3, -0.25) is 9.53 Å². The highest BCUT2D eigenvalue weighted by atomic mass is 19.4. The van der Waals surface area contributed by atoms with Gasteiger partial charge in [-0.25, -0.2) is 0 Å². The van der Waals surface area contributed by atoms with Gasteiger partial charge in [-0.2, -0.15) is 0 Å². The van der Waals surface area contributed by atoms with Crippen LogP contribution in [0.5, 0.6) is 0 Å². The largest absolute Gasteiger partial charge is 0.522 e. The van der Waals surface area contributed by atoms with Crippen LogP contribution in [0.15, 0.2) is 0 Å². The van der Waals surface area contributed by atoms with Gasteiger partial charge in [0.2, 0.25) is 5.91 Å². The van der Waals surface area contributed by atoms with Crippen LogP contribution in [0.2, 0.25) is 0 Å². The molecule has 1 saturated carbocycles. The van der Waals surface area contributed by atoms with Crippen LogP contribution in [0.3, 0.4) is 0 Å². The van der Waals surface area contributed by atoms with Crippen molar-refractivity contribution in [2.24, 2.45) is 11.7 Å². The van der Waals surface area contributed by atoms with Gasteiger partial charge in [0.05, 0.1) is 24.2 Å². The summed E-state index contributed by atoms with van der Waals surface area (Å²) in [4.78, 5) is 12.0. The van der Waals surface area contributed by atoms with Gasteiger partial charge in [-0.15, -0.1) is 13.2 Å². The fourth-order valence-corrected chi connectivity index (χ4v) is 3.25. The number of fused-ring (bicyclic) bond motifs is 2. The van der Waals surface area contributed by atoms with Crippen LogP contribution in [0.4, 0.5) is 13.2 Å². The first-order chi connectivity index (χ1) is 9.32. The summed E-state index contributed by atoms with van der Waals surface area (Å²) in [5.41, 5.74) is 5.82. The summed E-state index contributed by atoms with van der Waals surface area (Å²) in [5, 5.41) is 2.77. The number of nitrogens with two attached hydrogens (primary N) is 1. The lowest BCUT2D eigenvalue weighted by atomic mass is 9.84. The fraction of sp³-hybridized carbons (Fsp3) is 0.917. The van der Waals surface area contributed by atoms with E-state index in [1.54, 1.807) is 0 Å². The summed E-state index contributed by atoms with van der Waals surface area (Å²) < 4.78 is 45.3. The van der Waals surface area contributed by atoms with Crippen LogP contribution < -0.4 is 11.1 Å². The van der Waals surface area contributed by atoms with Crippen molar-refractivity contribution in [1.82, 2.24) is 5.32 Å². The van der Waals surface area contributed by atoms with Crippen LogP contribution in [-0.2, 0) is 14.3 Å². The van der Waals surface area contributed by atoms with Gasteiger partial charge in [0, 0.05) is 12.1 Å². The van der Waals surface area contributed by atoms with Crippen LogP contribution in [0.1, 0.15) is 25.7 Å². The molecule has 0 aromatic rings. The Labute approximate surface area is 114 Å². The minimum atomic E-state index is -4.60. The molecule has 0 radical (unpaired) electrons. The molecule has 2 saturated heterocycles. The van der Waals surface area contributed by atoms with E-state index in [2.05, 4.69) is 10.1 Å². The van der Waals surface area contributed by atoms with E-state index in [-0.39, 0.29) is 49.0 Å². The van der Waals surface area contributed by atoms with Crippen molar-refractivity contribution < 1.29 is 27.4 Å². The lowest BCUT2D eigenvalue weighted by molar-refractivity contribution is -0.351. The van der Waals surface area contributed by atoms with E-state index >= 15 is 0 Å². The van der Waals surface area contributed by atoms with Gasteiger partial charge < -0.3 is 15.8 Å². The Morgan fingerprint density at radius 3 is 2.40 bits per heavy atom. The topological polar surface area (TPSA) is 73.6 Å². The Hall–Kier alpha value is -0.860. The van der Waals surface area contributed by atoms with Crippen molar-refractivity contribution in [2.75, 3.05) is 0 Å². The number of rotatable bonds is 3. The fourth-order valence-electron chi connectivity index (χ4n) is 3.25. The summed E-state index contributed by atoms with van der Waals surface area (Å²) in [6, 6.07) is -0.236. The van der Waals surface area contributed by atoms with E-state index in [1.807, 2.05) is 0 Å². The Morgan fingerprint density at radius 2 is 1.90 bits per heavy atom. The number of nitrogens with one attached hydrogen (secondary N) is 1. The lowest BCUT2D eigenvalue weighted by Gasteiger charge is -2.36. The van der Waals surface area contributed by atoms with E-state index in [4.69, 9.17) is 10.5 Å². The molecule has 2 bridgehead atoms. The van der Waals surface area contributed by atoms with E-state index < -0.39 is 12.5 Å².